The molecule has 0 saturated heterocycles. The molecule has 1 unspecified atom stereocenters. The van der Waals surface area contributed by atoms with Crippen LogP contribution >= 0.6 is 0 Å². The molecule has 0 aromatic heterocycles. The second-order valence-electron chi connectivity index (χ2n) is 6.98. The standard InChI is InChI=1S/C21H24N2O3/c1-12-6-7-18-17(10-12)23(21(25)16(5)26-18)11-19(24)22-20-14(3)8-13(2)9-15(20)4/h6-10,16H,11H2,1-5H3,(H,22,24). The number of benzene rings is 2. The van der Waals surface area contributed by atoms with Crippen LogP contribution in [0.5, 0.6) is 5.75 Å². The van der Waals surface area contributed by atoms with Gasteiger partial charge in [-0.2, -0.15) is 0 Å². The highest BCUT2D eigenvalue weighted by Gasteiger charge is 2.32. The molecule has 0 aliphatic carbocycles. The second kappa shape index (κ2) is 6.83. The van der Waals surface area contributed by atoms with Crippen LogP contribution < -0.4 is 15.0 Å². The van der Waals surface area contributed by atoms with Crippen LogP contribution in [0.1, 0.15) is 29.2 Å². The van der Waals surface area contributed by atoms with Crippen molar-refractivity contribution in [1.82, 2.24) is 0 Å². The maximum atomic E-state index is 12.7. The van der Waals surface area contributed by atoms with Crippen molar-refractivity contribution in [3.05, 3.63) is 52.6 Å². The minimum atomic E-state index is -0.610. The predicted octanol–water partition coefficient (Wildman–Crippen LogP) is 3.67. The molecule has 1 heterocycles. The summed E-state index contributed by atoms with van der Waals surface area (Å²) in [5.41, 5.74) is 5.62. The van der Waals surface area contributed by atoms with Crippen molar-refractivity contribution in [3.63, 3.8) is 0 Å². The fourth-order valence-electron chi connectivity index (χ4n) is 3.38. The van der Waals surface area contributed by atoms with Crippen LogP contribution in [-0.2, 0) is 9.59 Å². The average Bonchev–Trinajstić information content (AvgIpc) is 2.56. The molecule has 2 aromatic carbocycles. The van der Waals surface area contributed by atoms with Gasteiger partial charge in [0.05, 0.1) is 5.69 Å². The maximum Gasteiger partial charge on any atom is 0.268 e. The van der Waals surface area contributed by atoms with E-state index in [-0.39, 0.29) is 18.4 Å². The first-order valence-electron chi connectivity index (χ1n) is 8.72. The van der Waals surface area contributed by atoms with E-state index in [1.54, 1.807) is 6.92 Å². The van der Waals surface area contributed by atoms with Gasteiger partial charge in [-0.05, 0) is 63.4 Å². The van der Waals surface area contributed by atoms with E-state index in [9.17, 15) is 9.59 Å². The minimum absolute atomic E-state index is 0.0459. The smallest absolute Gasteiger partial charge is 0.268 e. The van der Waals surface area contributed by atoms with Gasteiger partial charge in [0.15, 0.2) is 6.10 Å². The molecule has 136 valence electrons. The van der Waals surface area contributed by atoms with Gasteiger partial charge in [0.25, 0.3) is 5.91 Å². The number of carbonyl (C=O) groups excluding carboxylic acids is 2. The molecule has 2 aromatic rings. The fraction of sp³-hybridized carbons (Fsp3) is 0.333. The van der Waals surface area contributed by atoms with Gasteiger partial charge in [-0.3, -0.25) is 14.5 Å². The lowest BCUT2D eigenvalue weighted by Crippen LogP contribution is -2.47. The molecule has 1 aliphatic rings. The molecule has 1 N–H and O–H groups in total. The van der Waals surface area contributed by atoms with Crippen molar-refractivity contribution in [2.24, 2.45) is 0 Å². The van der Waals surface area contributed by atoms with Crippen LogP contribution in [0.3, 0.4) is 0 Å². The highest BCUT2D eigenvalue weighted by Crippen LogP contribution is 2.34. The quantitative estimate of drug-likeness (QED) is 0.917. The largest absolute Gasteiger partial charge is 0.479 e. The zero-order valence-electron chi connectivity index (χ0n) is 15.8. The van der Waals surface area contributed by atoms with Crippen LogP contribution in [0.25, 0.3) is 0 Å². The SMILES string of the molecule is Cc1cc(C)c(NC(=O)CN2C(=O)C(C)Oc3ccc(C)cc32)c(C)c1. The van der Waals surface area contributed by atoms with E-state index in [0.29, 0.717) is 11.4 Å². The Morgan fingerprint density at radius 2 is 1.73 bits per heavy atom. The summed E-state index contributed by atoms with van der Waals surface area (Å²) < 4.78 is 5.66. The summed E-state index contributed by atoms with van der Waals surface area (Å²) in [6.07, 6.45) is -0.610. The zero-order valence-corrected chi connectivity index (χ0v) is 15.8. The number of carbonyl (C=O) groups is 2. The molecule has 5 nitrogen and oxygen atoms in total. The Balaban J connectivity index is 1.85. The molecular weight excluding hydrogens is 328 g/mol. The number of ether oxygens (including phenoxy) is 1. The number of nitrogens with zero attached hydrogens (tertiary/aromatic N) is 1. The maximum absolute atomic E-state index is 12.7. The number of anilines is 2. The van der Waals surface area contributed by atoms with E-state index in [0.717, 1.165) is 27.9 Å². The van der Waals surface area contributed by atoms with Crippen molar-refractivity contribution < 1.29 is 14.3 Å². The van der Waals surface area contributed by atoms with E-state index in [4.69, 9.17) is 4.74 Å². The molecule has 2 amide bonds. The number of hydrogen-bond donors (Lipinski definition) is 1. The topological polar surface area (TPSA) is 58.6 Å². The van der Waals surface area contributed by atoms with Crippen LogP contribution in [0.15, 0.2) is 30.3 Å². The predicted molar refractivity (Wildman–Crippen MR) is 103 cm³/mol. The third kappa shape index (κ3) is 3.43. The fourth-order valence-corrected chi connectivity index (χ4v) is 3.38. The Kier molecular flexibility index (Phi) is 4.72. The molecule has 3 rings (SSSR count). The van der Waals surface area contributed by atoms with Crippen LogP contribution in [0.2, 0.25) is 0 Å². The van der Waals surface area contributed by atoms with Gasteiger partial charge in [0.1, 0.15) is 12.3 Å². The van der Waals surface area contributed by atoms with E-state index in [1.165, 1.54) is 4.90 Å². The third-order valence-corrected chi connectivity index (χ3v) is 4.57. The van der Waals surface area contributed by atoms with Crippen molar-refractivity contribution in [1.29, 1.82) is 0 Å². The van der Waals surface area contributed by atoms with Gasteiger partial charge in [0, 0.05) is 5.69 Å². The monoisotopic (exact) mass is 352 g/mol. The molecule has 0 bridgehead atoms. The molecule has 0 radical (unpaired) electrons. The van der Waals surface area contributed by atoms with Gasteiger partial charge in [0.2, 0.25) is 5.91 Å². The van der Waals surface area contributed by atoms with Crippen molar-refractivity contribution >= 4 is 23.2 Å². The first-order chi connectivity index (χ1) is 12.3. The van der Waals surface area contributed by atoms with E-state index < -0.39 is 6.10 Å². The molecule has 26 heavy (non-hydrogen) atoms. The summed E-state index contributed by atoms with van der Waals surface area (Å²) in [6, 6.07) is 9.70. The molecule has 0 fully saturated rings. The number of rotatable bonds is 3. The summed E-state index contributed by atoms with van der Waals surface area (Å²) in [5, 5.41) is 2.96. The Labute approximate surface area is 154 Å². The third-order valence-electron chi connectivity index (χ3n) is 4.57. The van der Waals surface area contributed by atoms with Gasteiger partial charge in [-0.25, -0.2) is 0 Å². The second-order valence-corrected chi connectivity index (χ2v) is 6.98. The van der Waals surface area contributed by atoms with Crippen molar-refractivity contribution in [2.75, 3.05) is 16.8 Å². The highest BCUT2D eigenvalue weighted by atomic mass is 16.5. The molecule has 0 saturated carbocycles. The average molecular weight is 352 g/mol. The van der Waals surface area contributed by atoms with Gasteiger partial charge in [-0.1, -0.05) is 23.8 Å². The molecule has 0 spiro atoms. The summed E-state index contributed by atoms with van der Waals surface area (Å²) >= 11 is 0. The summed E-state index contributed by atoms with van der Waals surface area (Å²) in [7, 11) is 0. The normalized spacial score (nSPS) is 16.1. The first-order valence-corrected chi connectivity index (χ1v) is 8.72. The number of nitrogens with one attached hydrogen (secondary N) is 1. The van der Waals surface area contributed by atoms with E-state index in [2.05, 4.69) is 5.32 Å². The summed E-state index contributed by atoms with van der Waals surface area (Å²) in [4.78, 5) is 26.8. The Bertz CT molecular complexity index is 866. The number of fused-ring (bicyclic) bond motifs is 1. The van der Waals surface area contributed by atoms with Crippen molar-refractivity contribution in [2.45, 2.75) is 40.7 Å². The zero-order chi connectivity index (χ0) is 19.0. The van der Waals surface area contributed by atoms with Crippen LogP contribution in [-0.4, -0.2) is 24.5 Å². The van der Waals surface area contributed by atoms with Gasteiger partial charge >= 0.3 is 0 Å². The Hall–Kier alpha value is -2.82. The van der Waals surface area contributed by atoms with Crippen LogP contribution in [0, 0.1) is 27.7 Å². The van der Waals surface area contributed by atoms with Gasteiger partial charge in [-0.15, -0.1) is 0 Å². The molecule has 1 atom stereocenters. The van der Waals surface area contributed by atoms with E-state index in [1.807, 2.05) is 58.0 Å². The van der Waals surface area contributed by atoms with Crippen LogP contribution in [0.4, 0.5) is 11.4 Å². The Morgan fingerprint density at radius 1 is 1.08 bits per heavy atom. The minimum Gasteiger partial charge on any atom is -0.479 e. The van der Waals surface area contributed by atoms with Crippen molar-refractivity contribution in [3.8, 4) is 5.75 Å². The lowest BCUT2D eigenvalue weighted by Gasteiger charge is -2.33. The lowest BCUT2D eigenvalue weighted by atomic mass is 10.1. The lowest BCUT2D eigenvalue weighted by molar-refractivity contribution is -0.127. The van der Waals surface area contributed by atoms with Gasteiger partial charge < -0.3 is 10.1 Å². The molecular formula is C21H24N2O3. The summed E-state index contributed by atoms with van der Waals surface area (Å²) in [6.45, 7) is 9.56. The number of aryl methyl sites for hydroxylation is 4. The highest BCUT2D eigenvalue weighted by molar-refractivity contribution is 6.06. The van der Waals surface area contributed by atoms with E-state index >= 15 is 0 Å². The first kappa shape index (κ1) is 18.0. The number of amides is 2. The molecule has 5 heteroatoms. The number of hydrogen-bond acceptors (Lipinski definition) is 3. The molecule has 1 aliphatic heterocycles. The Morgan fingerprint density at radius 3 is 2.38 bits per heavy atom. The summed E-state index contributed by atoms with van der Waals surface area (Å²) in [5.74, 6) is 0.184.